The van der Waals surface area contributed by atoms with E-state index in [-0.39, 0.29) is 5.91 Å². The second-order valence-corrected chi connectivity index (χ2v) is 7.10. The van der Waals surface area contributed by atoms with E-state index in [0.29, 0.717) is 35.4 Å². The van der Waals surface area contributed by atoms with E-state index in [1.807, 2.05) is 21.8 Å². The molecule has 1 aromatic heterocycles. The number of allylic oxidation sites excluding steroid dienone is 2. The molecule has 4 nitrogen and oxygen atoms in total. The van der Waals surface area contributed by atoms with Gasteiger partial charge < -0.3 is 4.90 Å². The van der Waals surface area contributed by atoms with Gasteiger partial charge in [-0.15, -0.1) is 0 Å². The number of nitrogens with zero attached hydrogens (tertiary/aromatic N) is 3. The van der Waals surface area contributed by atoms with Gasteiger partial charge in [0.1, 0.15) is 5.69 Å². The van der Waals surface area contributed by atoms with Crippen molar-refractivity contribution in [3.05, 3.63) is 30.1 Å². The van der Waals surface area contributed by atoms with Crippen LogP contribution in [0.3, 0.4) is 0 Å². The highest BCUT2D eigenvalue weighted by atomic mass is 16.2. The minimum Gasteiger partial charge on any atom is -0.337 e. The third-order valence-corrected chi connectivity index (χ3v) is 5.59. The molecule has 0 aromatic carbocycles. The predicted molar refractivity (Wildman–Crippen MR) is 80.8 cm³/mol. The zero-order valence-corrected chi connectivity index (χ0v) is 12.8. The van der Waals surface area contributed by atoms with Gasteiger partial charge in [0, 0.05) is 25.3 Å². The van der Waals surface area contributed by atoms with Gasteiger partial charge >= 0.3 is 0 Å². The van der Waals surface area contributed by atoms with Crippen molar-refractivity contribution < 1.29 is 4.79 Å². The Labute approximate surface area is 125 Å². The molecule has 112 valence electrons. The van der Waals surface area contributed by atoms with Crippen LogP contribution >= 0.6 is 0 Å². The van der Waals surface area contributed by atoms with Gasteiger partial charge in [0.15, 0.2) is 0 Å². The summed E-state index contributed by atoms with van der Waals surface area (Å²) in [5, 5.41) is 4.44. The van der Waals surface area contributed by atoms with Crippen LogP contribution in [-0.2, 0) is 0 Å². The first kappa shape index (κ1) is 13.1. The summed E-state index contributed by atoms with van der Waals surface area (Å²) in [7, 11) is 0. The zero-order chi connectivity index (χ0) is 14.6. The van der Waals surface area contributed by atoms with Crippen LogP contribution in [0.25, 0.3) is 0 Å². The van der Waals surface area contributed by atoms with Crippen LogP contribution in [0.2, 0.25) is 0 Å². The maximum Gasteiger partial charge on any atom is 0.274 e. The zero-order valence-electron chi connectivity index (χ0n) is 12.8. The summed E-state index contributed by atoms with van der Waals surface area (Å²) in [5.41, 5.74) is 0.600. The van der Waals surface area contributed by atoms with Crippen molar-refractivity contribution in [2.75, 3.05) is 13.1 Å². The number of hydrogen-bond donors (Lipinski definition) is 0. The lowest BCUT2D eigenvalue weighted by Gasteiger charge is -2.40. The quantitative estimate of drug-likeness (QED) is 0.784. The monoisotopic (exact) mass is 285 g/mol. The smallest absolute Gasteiger partial charge is 0.274 e. The van der Waals surface area contributed by atoms with Gasteiger partial charge in [-0.1, -0.05) is 12.2 Å². The Morgan fingerprint density at radius 2 is 1.81 bits per heavy atom. The molecule has 1 saturated heterocycles. The van der Waals surface area contributed by atoms with Gasteiger partial charge in [0.2, 0.25) is 0 Å². The molecule has 0 spiro atoms. The lowest BCUT2D eigenvalue weighted by atomic mass is 9.64. The SMILES string of the molecule is CC(C)n1ccc(C(=O)N2CC3C4C=CC(CC4)C3C2)n1. The summed E-state index contributed by atoms with van der Waals surface area (Å²) in [4.78, 5) is 14.7. The standard InChI is InChI=1S/C17H23N3O/c1-11(2)20-8-7-16(18-20)17(21)19-9-14-12-3-4-13(6-5-12)15(14)10-19/h3-4,7-8,11-15H,5-6,9-10H2,1-2H3. The highest BCUT2D eigenvalue weighted by molar-refractivity contribution is 5.92. The molecule has 4 aliphatic rings. The van der Waals surface area contributed by atoms with Crippen molar-refractivity contribution >= 4 is 5.91 Å². The Hall–Kier alpha value is -1.58. The summed E-state index contributed by atoms with van der Waals surface area (Å²) >= 11 is 0. The first-order valence-electron chi connectivity index (χ1n) is 8.16. The third kappa shape index (κ3) is 2.03. The number of rotatable bonds is 2. The fraction of sp³-hybridized carbons (Fsp3) is 0.647. The highest BCUT2D eigenvalue weighted by Crippen LogP contribution is 2.48. The first-order chi connectivity index (χ1) is 10.1. The Morgan fingerprint density at radius 3 is 2.29 bits per heavy atom. The van der Waals surface area contributed by atoms with Crippen LogP contribution in [0, 0.1) is 23.7 Å². The van der Waals surface area contributed by atoms with Crippen molar-refractivity contribution in [1.29, 1.82) is 0 Å². The van der Waals surface area contributed by atoms with Crippen molar-refractivity contribution in [3.63, 3.8) is 0 Å². The molecule has 1 aromatic rings. The van der Waals surface area contributed by atoms with Gasteiger partial charge in [-0.2, -0.15) is 5.10 Å². The number of fused-ring (bicyclic) bond motifs is 1. The molecule has 0 N–H and O–H groups in total. The predicted octanol–water partition coefficient (Wildman–Crippen LogP) is 2.75. The summed E-state index contributed by atoms with van der Waals surface area (Å²) in [6.45, 7) is 6.00. The fourth-order valence-corrected chi connectivity index (χ4v) is 4.40. The maximum absolute atomic E-state index is 12.7. The van der Waals surface area contributed by atoms with Crippen LogP contribution in [0.4, 0.5) is 0 Å². The van der Waals surface area contributed by atoms with Gasteiger partial charge in [-0.05, 0) is 56.4 Å². The molecule has 2 fully saturated rings. The van der Waals surface area contributed by atoms with Crippen LogP contribution in [0.5, 0.6) is 0 Å². The number of carbonyl (C=O) groups is 1. The second kappa shape index (κ2) is 4.72. The largest absolute Gasteiger partial charge is 0.337 e. The van der Waals surface area contributed by atoms with Crippen molar-refractivity contribution in [2.45, 2.75) is 32.7 Å². The second-order valence-electron chi connectivity index (χ2n) is 7.10. The molecule has 1 saturated carbocycles. The van der Waals surface area contributed by atoms with Gasteiger partial charge in [-0.25, -0.2) is 0 Å². The normalized spacial score (nSPS) is 33.8. The number of hydrogen-bond acceptors (Lipinski definition) is 2. The van der Waals surface area contributed by atoms with Crippen LogP contribution in [0.1, 0.15) is 43.2 Å². The molecule has 2 heterocycles. The summed E-state index contributed by atoms with van der Waals surface area (Å²) in [6.07, 6.45) is 9.33. The molecule has 5 rings (SSSR count). The Kier molecular flexibility index (Phi) is 2.95. The molecule has 3 aliphatic carbocycles. The molecule has 0 radical (unpaired) electrons. The molecular formula is C17H23N3O. The average Bonchev–Trinajstić information content (AvgIpc) is 3.16. The van der Waals surface area contributed by atoms with Gasteiger partial charge in [-0.3, -0.25) is 9.48 Å². The lowest BCUT2D eigenvalue weighted by molar-refractivity contribution is 0.0775. The molecule has 4 atom stereocenters. The maximum atomic E-state index is 12.7. The number of amides is 1. The topological polar surface area (TPSA) is 38.1 Å². The summed E-state index contributed by atoms with van der Waals surface area (Å²) < 4.78 is 1.86. The van der Waals surface area contributed by atoms with E-state index in [1.54, 1.807) is 0 Å². The number of carbonyl (C=O) groups excluding carboxylic acids is 1. The van der Waals surface area contributed by atoms with E-state index in [4.69, 9.17) is 0 Å². The van der Waals surface area contributed by atoms with Crippen molar-refractivity contribution in [1.82, 2.24) is 14.7 Å². The molecule has 1 aliphatic heterocycles. The molecule has 1 amide bonds. The minimum atomic E-state index is 0.114. The Balaban J connectivity index is 1.52. The van der Waals surface area contributed by atoms with E-state index in [0.717, 1.165) is 13.1 Å². The van der Waals surface area contributed by atoms with Crippen molar-refractivity contribution in [3.8, 4) is 0 Å². The highest BCUT2D eigenvalue weighted by Gasteiger charge is 2.47. The molecule has 4 unspecified atom stereocenters. The van der Waals surface area contributed by atoms with E-state index < -0.39 is 0 Å². The minimum absolute atomic E-state index is 0.114. The lowest BCUT2D eigenvalue weighted by Crippen LogP contribution is -2.35. The van der Waals surface area contributed by atoms with E-state index in [2.05, 4.69) is 31.1 Å². The van der Waals surface area contributed by atoms with E-state index in [9.17, 15) is 4.79 Å². The third-order valence-electron chi connectivity index (χ3n) is 5.59. The van der Waals surface area contributed by atoms with Crippen molar-refractivity contribution in [2.24, 2.45) is 23.7 Å². The van der Waals surface area contributed by atoms with Gasteiger partial charge in [0.05, 0.1) is 0 Å². The molecule has 4 heteroatoms. The van der Waals surface area contributed by atoms with Crippen LogP contribution in [-0.4, -0.2) is 33.7 Å². The van der Waals surface area contributed by atoms with Gasteiger partial charge in [0.25, 0.3) is 5.91 Å². The average molecular weight is 285 g/mol. The Bertz CT molecular complexity index is 567. The first-order valence-corrected chi connectivity index (χ1v) is 8.16. The fourth-order valence-electron chi connectivity index (χ4n) is 4.40. The number of aromatic nitrogens is 2. The number of likely N-dealkylation sites (tertiary alicyclic amines) is 1. The molecule has 2 bridgehead atoms. The molecular weight excluding hydrogens is 262 g/mol. The van der Waals surface area contributed by atoms with Crippen LogP contribution in [0.15, 0.2) is 24.4 Å². The summed E-state index contributed by atoms with van der Waals surface area (Å²) in [5.74, 6) is 2.88. The molecule has 21 heavy (non-hydrogen) atoms. The Morgan fingerprint density at radius 1 is 1.19 bits per heavy atom. The van der Waals surface area contributed by atoms with E-state index >= 15 is 0 Å². The summed E-state index contributed by atoms with van der Waals surface area (Å²) in [6, 6.07) is 2.16. The van der Waals surface area contributed by atoms with Crippen LogP contribution < -0.4 is 0 Å². The van der Waals surface area contributed by atoms with E-state index in [1.165, 1.54) is 12.8 Å².